The summed E-state index contributed by atoms with van der Waals surface area (Å²) in [6.07, 6.45) is 9.63. The molecular weight excluding hydrogens is 303 g/mol. The highest BCUT2D eigenvalue weighted by Gasteiger charge is 2.41. The van der Waals surface area contributed by atoms with Gasteiger partial charge in [-0.2, -0.15) is 0 Å². The van der Waals surface area contributed by atoms with Crippen molar-refractivity contribution in [3.05, 3.63) is 0 Å². The van der Waals surface area contributed by atoms with Gasteiger partial charge in [0, 0.05) is 18.0 Å². The van der Waals surface area contributed by atoms with Crippen LogP contribution in [0.25, 0.3) is 0 Å². The van der Waals surface area contributed by atoms with E-state index in [1.807, 2.05) is 7.11 Å². The van der Waals surface area contributed by atoms with E-state index in [4.69, 9.17) is 9.47 Å². The molecule has 15 heavy (non-hydrogen) atoms. The van der Waals surface area contributed by atoms with Crippen LogP contribution >= 0.6 is 22.6 Å². The molecule has 3 unspecified atom stereocenters. The summed E-state index contributed by atoms with van der Waals surface area (Å²) in [4.78, 5) is 0. The maximum Gasteiger partial charge on any atom is 0.0711 e. The lowest BCUT2D eigenvalue weighted by Gasteiger charge is -2.45. The van der Waals surface area contributed by atoms with E-state index in [9.17, 15) is 0 Å². The molecule has 0 aromatic rings. The van der Waals surface area contributed by atoms with Gasteiger partial charge in [-0.3, -0.25) is 0 Å². The van der Waals surface area contributed by atoms with Gasteiger partial charge in [-0.15, -0.1) is 0 Å². The average Bonchev–Trinajstić information content (AvgIpc) is 2.29. The van der Waals surface area contributed by atoms with Gasteiger partial charge in [-0.25, -0.2) is 0 Å². The number of hydrogen-bond donors (Lipinski definition) is 0. The Labute approximate surface area is 106 Å². The monoisotopic (exact) mass is 324 g/mol. The van der Waals surface area contributed by atoms with Crippen molar-refractivity contribution >= 4 is 22.6 Å². The van der Waals surface area contributed by atoms with Gasteiger partial charge in [-0.1, -0.05) is 22.6 Å². The largest absolute Gasteiger partial charge is 0.381 e. The highest BCUT2D eigenvalue weighted by Crippen LogP contribution is 2.41. The van der Waals surface area contributed by atoms with Gasteiger partial charge in [0.25, 0.3) is 0 Å². The summed E-state index contributed by atoms with van der Waals surface area (Å²) < 4.78 is 13.0. The minimum absolute atomic E-state index is 0.174. The van der Waals surface area contributed by atoms with Crippen molar-refractivity contribution in [2.75, 3.05) is 11.5 Å². The second-order valence-corrected chi connectivity index (χ2v) is 5.80. The first-order valence-corrected chi connectivity index (χ1v) is 7.57. The third kappa shape index (κ3) is 2.86. The minimum atomic E-state index is 0.174. The Bertz CT molecular complexity index is 186. The van der Waals surface area contributed by atoms with E-state index in [0.717, 1.165) is 10.8 Å². The Hall–Kier alpha value is 0.650. The molecule has 2 rings (SSSR count). The van der Waals surface area contributed by atoms with Crippen molar-refractivity contribution in [2.24, 2.45) is 0 Å². The molecule has 0 amide bonds. The lowest BCUT2D eigenvalue weighted by Crippen LogP contribution is -2.46. The number of alkyl halides is 1. The molecule has 2 fully saturated rings. The van der Waals surface area contributed by atoms with Crippen LogP contribution in [0.4, 0.5) is 0 Å². The van der Waals surface area contributed by atoms with Gasteiger partial charge in [-0.05, 0) is 38.5 Å². The van der Waals surface area contributed by atoms with E-state index < -0.39 is 0 Å². The van der Waals surface area contributed by atoms with Crippen LogP contribution in [-0.2, 0) is 9.47 Å². The SMILES string of the molecule is COC1CCCC2(CCCC(CI)O2)C1. The number of hydrogen-bond acceptors (Lipinski definition) is 2. The van der Waals surface area contributed by atoms with Crippen molar-refractivity contribution < 1.29 is 9.47 Å². The topological polar surface area (TPSA) is 18.5 Å². The fourth-order valence-electron chi connectivity index (χ4n) is 3.04. The summed E-state index contributed by atoms with van der Waals surface area (Å²) in [6.45, 7) is 0. The van der Waals surface area contributed by atoms with Crippen LogP contribution in [0, 0.1) is 0 Å². The molecule has 2 nitrogen and oxygen atoms in total. The predicted octanol–water partition coefficient (Wildman–Crippen LogP) is 3.32. The number of ether oxygens (including phenoxy) is 2. The van der Waals surface area contributed by atoms with Crippen LogP contribution in [0.5, 0.6) is 0 Å². The zero-order valence-electron chi connectivity index (χ0n) is 9.51. The molecule has 3 atom stereocenters. The first-order valence-electron chi connectivity index (χ1n) is 6.04. The van der Waals surface area contributed by atoms with E-state index in [1.54, 1.807) is 0 Å². The van der Waals surface area contributed by atoms with Gasteiger partial charge >= 0.3 is 0 Å². The molecule has 88 valence electrons. The first-order chi connectivity index (χ1) is 7.28. The van der Waals surface area contributed by atoms with Crippen LogP contribution in [0.1, 0.15) is 44.9 Å². The molecule has 2 aliphatic rings. The maximum atomic E-state index is 6.31. The molecule has 1 saturated carbocycles. The van der Waals surface area contributed by atoms with Crippen LogP contribution in [-0.4, -0.2) is 29.3 Å². The summed E-state index contributed by atoms with van der Waals surface area (Å²) in [5, 5.41) is 0. The fraction of sp³-hybridized carbons (Fsp3) is 1.00. The summed E-state index contributed by atoms with van der Waals surface area (Å²) in [6, 6.07) is 0. The van der Waals surface area contributed by atoms with Gasteiger partial charge in [0.05, 0.1) is 17.8 Å². The number of rotatable bonds is 2. The van der Waals surface area contributed by atoms with Crippen molar-refractivity contribution in [1.29, 1.82) is 0 Å². The average molecular weight is 324 g/mol. The Morgan fingerprint density at radius 2 is 2.07 bits per heavy atom. The summed E-state index contributed by atoms with van der Waals surface area (Å²) in [5.41, 5.74) is 0.174. The Balaban J connectivity index is 1.98. The third-order valence-electron chi connectivity index (χ3n) is 3.84. The van der Waals surface area contributed by atoms with E-state index in [2.05, 4.69) is 22.6 Å². The molecule has 0 aromatic carbocycles. The van der Waals surface area contributed by atoms with Gasteiger partial charge in [0.1, 0.15) is 0 Å². The molecule has 1 spiro atoms. The summed E-state index contributed by atoms with van der Waals surface area (Å²) in [5.74, 6) is 0. The zero-order chi connectivity index (χ0) is 10.7. The molecule has 1 aliphatic carbocycles. The molecular formula is C12H21IO2. The molecule has 3 heteroatoms. The van der Waals surface area contributed by atoms with Crippen LogP contribution in [0.2, 0.25) is 0 Å². The third-order valence-corrected chi connectivity index (χ3v) is 4.82. The predicted molar refractivity (Wildman–Crippen MR) is 69.6 cm³/mol. The lowest BCUT2D eigenvalue weighted by molar-refractivity contribution is -0.157. The van der Waals surface area contributed by atoms with Gasteiger partial charge in [0.2, 0.25) is 0 Å². The van der Waals surface area contributed by atoms with E-state index >= 15 is 0 Å². The van der Waals surface area contributed by atoms with Gasteiger partial charge in [0.15, 0.2) is 0 Å². The second-order valence-electron chi connectivity index (χ2n) is 4.92. The Morgan fingerprint density at radius 3 is 2.73 bits per heavy atom. The smallest absolute Gasteiger partial charge is 0.0711 e. The molecule has 0 radical (unpaired) electrons. The van der Waals surface area contributed by atoms with Crippen molar-refractivity contribution in [3.8, 4) is 0 Å². The minimum Gasteiger partial charge on any atom is -0.381 e. The molecule has 1 aliphatic heterocycles. The molecule has 1 saturated heterocycles. The maximum absolute atomic E-state index is 6.31. The van der Waals surface area contributed by atoms with Crippen LogP contribution < -0.4 is 0 Å². The molecule has 0 N–H and O–H groups in total. The normalized spacial score (nSPS) is 42.0. The van der Waals surface area contributed by atoms with Gasteiger partial charge < -0.3 is 9.47 Å². The zero-order valence-corrected chi connectivity index (χ0v) is 11.7. The lowest BCUT2D eigenvalue weighted by atomic mass is 9.77. The van der Waals surface area contributed by atoms with E-state index in [-0.39, 0.29) is 5.60 Å². The highest BCUT2D eigenvalue weighted by molar-refractivity contribution is 14.1. The first kappa shape index (κ1) is 12.1. The molecule has 0 bridgehead atoms. The Kier molecular flexibility index (Phi) is 4.30. The number of halogens is 1. The summed E-state index contributed by atoms with van der Waals surface area (Å²) in [7, 11) is 1.84. The molecule has 0 aromatic heterocycles. The van der Waals surface area contributed by atoms with Crippen molar-refractivity contribution in [2.45, 2.75) is 62.8 Å². The van der Waals surface area contributed by atoms with E-state index in [0.29, 0.717) is 12.2 Å². The number of methoxy groups -OCH3 is 1. The fourth-order valence-corrected chi connectivity index (χ4v) is 3.66. The second kappa shape index (κ2) is 5.32. The quantitative estimate of drug-likeness (QED) is 0.573. The van der Waals surface area contributed by atoms with Crippen LogP contribution in [0.15, 0.2) is 0 Å². The standard InChI is InChI=1S/C12H21IO2/c1-14-10-4-2-6-12(8-10)7-3-5-11(9-13)15-12/h10-11H,2-9H2,1H3. The van der Waals surface area contributed by atoms with E-state index in [1.165, 1.54) is 38.5 Å². The van der Waals surface area contributed by atoms with Crippen molar-refractivity contribution in [3.63, 3.8) is 0 Å². The van der Waals surface area contributed by atoms with Crippen LogP contribution in [0.3, 0.4) is 0 Å². The highest BCUT2D eigenvalue weighted by atomic mass is 127. The Morgan fingerprint density at radius 1 is 1.33 bits per heavy atom. The molecule has 1 heterocycles. The van der Waals surface area contributed by atoms with Crippen molar-refractivity contribution in [1.82, 2.24) is 0 Å². The summed E-state index contributed by atoms with van der Waals surface area (Å²) >= 11 is 2.44.